The number of non-ortho nitro benzene ring substituents is 1. The van der Waals surface area contributed by atoms with E-state index >= 15 is 0 Å². The first-order chi connectivity index (χ1) is 15.1. The molecule has 32 heavy (non-hydrogen) atoms. The number of aromatic nitrogens is 1. The average molecular weight is 460 g/mol. The third-order valence-electron chi connectivity index (χ3n) is 4.80. The van der Waals surface area contributed by atoms with Crippen LogP contribution in [-0.2, 0) is 10.0 Å². The Hall–Kier alpha value is -3.57. The lowest BCUT2D eigenvalue weighted by atomic mass is 10.2. The van der Waals surface area contributed by atoms with Crippen molar-refractivity contribution in [1.29, 1.82) is 0 Å². The molecular formula is C21H21FN4O5S. The number of nitrogens with one attached hydrogen (secondary N) is 2. The van der Waals surface area contributed by atoms with E-state index in [0.717, 1.165) is 11.8 Å². The largest absolute Gasteiger partial charge is 0.351 e. The molecule has 0 spiro atoms. The molecular weight excluding hydrogens is 439 g/mol. The Morgan fingerprint density at radius 3 is 2.44 bits per heavy atom. The van der Waals surface area contributed by atoms with Gasteiger partial charge in [-0.3, -0.25) is 14.9 Å². The van der Waals surface area contributed by atoms with Crippen molar-refractivity contribution in [3.63, 3.8) is 0 Å². The number of benzene rings is 2. The summed E-state index contributed by atoms with van der Waals surface area (Å²) in [6, 6.07) is 12.3. The summed E-state index contributed by atoms with van der Waals surface area (Å²) >= 11 is 0. The zero-order valence-corrected chi connectivity index (χ0v) is 18.1. The van der Waals surface area contributed by atoms with Crippen LogP contribution in [0.3, 0.4) is 0 Å². The number of sulfonamides is 1. The summed E-state index contributed by atoms with van der Waals surface area (Å²) in [5.41, 5.74) is 2.23. The van der Waals surface area contributed by atoms with Gasteiger partial charge in [-0.05, 0) is 50.2 Å². The fourth-order valence-electron chi connectivity index (χ4n) is 3.28. The molecule has 9 nitrogen and oxygen atoms in total. The van der Waals surface area contributed by atoms with Crippen molar-refractivity contribution in [2.45, 2.75) is 18.7 Å². The fourth-order valence-corrected chi connectivity index (χ4v) is 4.36. The van der Waals surface area contributed by atoms with Crippen LogP contribution >= 0.6 is 0 Å². The molecule has 3 rings (SSSR count). The zero-order chi connectivity index (χ0) is 23.5. The Morgan fingerprint density at radius 2 is 1.78 bits per heavy atom. The quantitative estimate of drug-likeness (QED) is 0.304. The van der Waals surface area contributed by atoms with E-state index in [9.17, 15) is 27.7 Å². The molecule has 2 aromatic carbocycles. The molecule has 1 aromatic heterocycles. The van der Waals surface area contributed by atoms with Gasteiger partial charge in [-0.15, -0.1) is 0 Å². The minimum Gasteiger partial charge on any atom is -0.351 e. The first-order valence-corrected chi connectivity index (χ1v) is 11.1. The van der Waals surface area contributed by atoms with Gasteiger partial charge in [0.1, 0.15) is 5.82 Å². The van der Waals surface area contributed by atoms with E-state index in [-0.39, 0.29) is 35.4 Å². The molecule has 0 bridgehead atoms. The number of halogens is 1. The second kappa shape index (κ2) is 9.28. The molecule has 0 aliphatic rings. The summed E-state index contributed by atoms with van der Waals surface area (Å²) in [5.74, 6) is -0.747. The second-order valence-electron chi connectivity index (χ2n) is 7.00. The Kier molecular flexibility index (Phi) is 6.70. The molecule has 3 aromatic rings. The first kappa shape index (κ1) is 23.1. The maximum atomic E-state index is 13.2. The molecule has 0 atom stereocenters. The van der Waals surface area contributed by atoms with Gasteiger partial charge in [0, 0.05) is 42.3 Å². The Labute approximate surface area is 184 Å². The highest BCUT2D eigenvalue weighted by atomic mass is 32.2. The van der Waals surface area contributed by atoms with Gasteiger partial charge in [-0.2, -0.15) is 0 Å². The fraction of sp³-hybridized carbons (Fsp3) is 0.190. The van der Waals surface area contributed by atoms with Gasteiger partial charge in [-0.1, -0.05) is 6.07 Å². The van der Waals surface area contributed by atoms with Crippen LogP contribution in [0.2, 0.25) is 0 Å². The van der Waals surface area contributed by atoms with Crippen molar-refractivity contribution in [2.24, 2.45) is 0 Å². The van der Waals surface area contributed by atoms with Gasteiger partial charge in [0.2, 0.25) is 10.0 Å². The van der Waals surface area contributed by atoms with Crippen molar-refractivity contribution >= 4 is 21.6 Å². The number of rotatable bonds is 8. The monoisotopic (exact) mass is 460 g/mol. The lowest BCUT2D eigenvalue weighted by molar-refractivity contribution is -0.385. The molecule has 0 saturated carbocycles. The number of amides is 1. The molecule has 0 aliphatic carbocycles. The molecule has 0 radical (unpaired) electrons. The van der Waals surface area contributed by atoms with Crippen LogP contribution in [0.15, 0.2) is 59.5 Å². The molecule has 2 N–H and O–H groups in total. The van der Waals surface area contributed by atoms with Crippen molar-refractivity contribution in [2.75, 3.05) is 13.1 Å². The topological polar surface area (TPSA) is 123 Å². The van der Waals surface area contributed by atoms with Crippen LogP contribution in [0.1, 0.15) is 21.7 Å². The normalized spacial score (nSPS) is 11.3. The summed E-state index contributed by atoms with van der Waals surface area (Å²) < 4.78 is 42.0. The van der Waals surface area contributed by atoms with E-state index in [0.29, 0.717) is 16.9 Å². The Balaban J connectivity index is 1.63. The number of carbonyl (C=O) groups excluding carboxylic acids is 1. The lowest BCUT2D eigenvalue weighted by Crippen LogP contribution is -2.34. The summed E-state index contributed by atoms with van der Waals surface area (Å²) in [4.78, 5) is 22.5. The number of carbonyl (C=O) groups is 1. The highest BCUT2D eigenvalue weighted by Gasteiger charge is 2.19. The van der Waals surface area contributed by atoms with E-state index < -0.39 is 14.9 Å². The summed E-state index contributed by atoms with van der Waals surface area (Å²) in [6.45, 7) is 3.48. The van der Waals surface area contributed by atoms with Gasteiger partial charge >= 0.3 is 0 Å². The standard InChI is InChI=1S/C21H21FN4O5S/c1-14-12-20(15(2)25(14)17-8-6-16(22)7-9-17)21(27)23-10-11-24-32(30,31)19-5-3-4-18(13-19)26(28)29/h3-9,12-13,24H,10-11H2,1-2H3,(H,23,27). The van der Waals surface area contributed by atoms with Crippen LogP contribution in [0.4, 0.5) is 10.1 Å². The highest BCUT2D eigenvalue weighted by molar-refractivity contribution is 7.89. The molecule has 11 heteroatoms. The minimum atomic E-state index is -3.97. The predicted molar refractivity (Wildman–Crippen MR) is 116 cm³/mol. The maximum Gasteiger partial charge on any atom is 0.270 e. The van der Waals surface area contributed by atoms with Gasteiger partial charge in [0.15, 0.2) is 0 Å². The average Bonchev–Trinajstić information content (AvgIpc) is 3.06. The Bertz CT molecular complexity index is 1270. The van der Waals surface area contributed by atoms with Crippen molar-refractivity contribution in [3.05, 3.63) is 87.5 Å². The third kappa shape index (κ3) is 5.01. The molecule has 0 aliphatic heterocycles. The van der Waals surface area contributed by atoms with Gasteiger partial charge in [-0.25, -0.2) is 17.5 Å². The number of nitro groups is 1. The highest BCUT2D eigenvalue weighted by Crippen LogP contribution is 2.21. The van der Waals surface area contributed by atoms with Crippen LogP contribution in [-0.4, -0.2) is 36.9 Å². The zero-order valence-electron chi connectivity index (χ0n) is 17.3. The number of nitro benzene ring substituents is 1. The van der Waals surface area contributed by atoms with E-state index in [2.05, 4.69) is 10.0 Å². The van der Waals surface area contributed by atoms with Crippen molar-refractivity contribution < 1.29 is 22.5 Å². The van der Waals surface area contributed by atoms with Crippen LogP contribution in [0, 0.1) is 29.8 Å². The van der Waals surface area contributed by atoms with Crippen LogP contribution in [0.5, 0.6) is 0 Å². The van der Waals surface area contributed by atoms with Gasteiger partial charge in [0.25, 0.3) is 11.6 Å². The number of hydrogen-bond donors (Lipinski definition) is 2. The number of hydrogen-bond acceptors (Lipinski definition) is 5. The number of aryl methyl sites for hydroxylation is 1. The summed E-state index contributed by atoms with van der Waals surface area (Å²) in [6.07, 6.45) is 0. The minimum absolute atomic E-state index is 0.00715. The van der Waals surface area contributed by atoms with Gasteiger partial charge in [0.05, 0.1) is 15.4 Å². The third-order valence-corrected chi connectivity index (χ3v) is 6.26. The number of nitrogens with zero attached hydrogens (tertiary/aromatic N) is 2. The molecule has 0 fully saturated rings. The van der Waals surface area contributed by atoms with E-state index in [1.807, 2.05) is 11.5 Å². The van der Waals surface area contributed by atoms with E-state index in [1.54, 1.807) is 25.1 Å². The molecule has 1 heterocycles. The smallest absolute Gasteiger partial charge is 0.270 e. The first-order valence-electron chi connectivity index (χ1n) is 9.57. The SMILES string of the molecule is Cc1cc(C(=O)NCCNS(=O)(=O)c2cccc([N+](=O)[O-])c2)c(C)n1-c1ccc(F)cc1. The predicted octanol–water partition coefficient (Wildman–Crippen LogP) is 2.85. The van der Waals surface area contributed by atoms with Crippen LogP contribution < -0.4 is 10.0 Å². The second-order valence-corrected chi connectivity index (χ2v) is 8.77. The summed E-state index contributed by atoms with van der Waals surface area (Å²) in [5, 5.41) is 13.5. The molecule has 0 saturated heterocycles. The van der Waals surface area contributed by atoms with Gasteiger partial charge < -0.3 is 9.88 Å². The van der Waals surface area contributed by atoms with Crippen LogP contribution in [0.25, 0.3) is 5.69 Å². The van der Waals surface area contributed by atoms with Crippen molar-refractivity contribution in [1.82, 2.24) is 14.6 Å². The van der Waals surface area contributed by atoms with E-state index in [4.69, 9.17) is 0 Å². The van der Waals surface area contributed by atoms with E-state index in [1.165, 1.54) is 30.3 Å². The molecule has 0 unspecified atom stereocenters. The maximum absolute atomic E-state index is 13.2. The molecule has 168 valence electrons. The Morgan fingerprint density at radius 1 is 1.09 bits per heavy atom. The molecule has 1 amide bonds. The lowest BCUT2D eigenvalue weighted by Gasteiger charge is -2.10. The van der Waals surface area contributed by atoms with Crippen molar-refractivity contribution in [3.8, 4) is 5.69 Å². The summed E-state index contributed by atoms with van der Waals surface area (Å²) in [7, 11) is -3.97.